The fraction of sp³-hybridized carbons (Fsp3) is 0.364. The van der Waals surface area contributed by atoms with E-state index in [2.05, 4.69) is 42.7 Å². The van der Waals surface area contributed by atoms with Crippen LogP contribution in [-0.2, 0) is 11.2 Å². The Morgan fingerprint density at radius 2 is 1.81 bits per heavy atom. The quantitative estimate of drug-likeness (QED) is 0.668. The lowest BCUT2D eigenvalue weighted by Gasteiger charge is -2.11. The predicted octanol–water partition coefficient (Wildman–Crippen LogP) is 3.18. The zero-order valence-corrected chi connectivity index (χ0v) is 16.3. The number of rotatable bonds is 9. The van der Waals surface area contributed by atoms with E-state index >= 15 is 0 Å². The summed E-state index contributed by atoms with van der Waals surface area (Å²) in [6, 6.07) is 13.4. The SMILES string of the molecule is CCOc1ccccc1C(=O)NCC(=O)NCCCc1ccc(C)cc1C. The van der Waals surface area contributed by atoms with Crippen LogP contribution in [-0.4, -0.2) is 31.5 Å². The van der Waals surface area contributed by atoms with Crippen LogP contribution in [0.5, 0.6) is 5.75 Å². The summed E-state index contributed by atoms with van der Waals surface area (Å²) in [5, 5.41) is 5.49. The number of aryl methyl sites for hydroxylation is 3. The van der Waals surface area contributed by atoms with Crippen molar-refractivity contribution >= 4 is 11.8 Å². The van der Waals surface area contributed by atoms with Gasteiger partial charge in [-0.15, -0.1) is 0 Å². The summed E-state index contributed by atoms with van der Waals surface area (Å²) in [5.41, 5.74) is 4.27. The Balaban J connectivity index is 1.72. The Kier molecular flexibility index (Phi) is 7.86. The van der Waals surface area contributed by atoms with Gasteiger partial charge in [0.15, 0.2) is 0 Å². The molecule has 0 radical (unpaired) electrons. The average molecular weight is 368 g/mol. The number of amides is 2. The maximum atomic E-state index is 12.3. The molecule has 5 heteroatoms. The summed E-state index contributed by atoms with van der Waals surface area (Å²) in [5.74, 6) is 0.00808. The third-order valence-electron chi connectivity index (χ3n) is 4.28. The summed E-state index contributed by atoms with van der Waals surface area (Å²) < 4.78 is 5.44. The second kappa shape index (κ2) is 10.4. The highest BCUT2D eigenvalue weighted by Crippen LogP contribution is 2.17. The second-order valence-electron chi connectivity index (χ2n) is 6.50. The summed E-state index contributed by atoms with van der Waals surface area (Å²) in [6.07, 6.45) is 1.78. The van der Waals surface area contributed by atoms with Gasteiger partial charge in [0.2, 0.25) is 5.91 Å². The van der Waals surface area contributed by atoms with E-state index in [0.29, 0.717) is 24.5 Å². The molecular formula is C22H28N2O3. The minimum Gasteiger partial charge on any atom is -0.493 e. The molecule has 2 aromatic carbocycles. The zero-order chi connectivity index (χ0) is 19.6. The molecule has 0 saturated heterocycles. The molecule has 0 aliphatic carbocycles. The molecule has 2 N–H and O–H groups in total. The molecule has 0 unspecified atom stereocenters. The van der Waals surface area contributed by atoms with Crippen molar-refractivity contribution in [1.82, 2.24) is 10.6 Å². The van der Waals surface area contributed by atoms with Gasteiger partial charge in [0, 0.05) is 6.54 Å². The molecule has 2 aromatic rings. The molecule has 2 amide bonds. The molecule has 0 bridgehead atoms. The smallest absolute Gasteiger partial charge is 0.255 e. The topological polar surface area (TPSA) is 67.4 Å². The van der Waals surface area contributed by atoms with Crippen LogP contribution >= 0.6 is 0 Å². The standard InChI is InChI=1S/C22H28N2O3/c1-4-27-20-10-6-5-9-19(20)22(26)24-15-21(25)23-13-7-8-18-12-11-16(2)14-17(18)3/h5-6,9-12,14H,4,7-8,13,15H2,1-3H3,(H,23,25)(H,24,26). The van der Waals surface area contributed by atoms with Crippen LogP contribution in [0.3, 0.4) is 0 Å². The normalized spacial score (nSPS) is 10.3. The maximum absolute atomic E-state index is 12.3. The van der Waals surface area contributed by atoms with Crippen LogP contribution in [0, 0.1) is 13.8 Å². The second-order valence-corrected chi connectivity index (χ2v) is 6.50. The lowest BCUT2D eigenvalue weighted by Crippen LogP contribution is -2.37. The van der Waals surface area contributed by atoms with Crippen molar-refractivity contribution in [2.45, 2.75) is 33.6 Å². The molecular weight excluding hydrogens is 340 g/mol. The zero-order valence-electron chi connectivity index (χ0n) is 16.3. The highest BCUT2D eigenvalue weighted by atomic mass is 16.5. The summed E-state index contributed by atoms with van der Waals surface area (Å²) in [7, 11) is 0. The highest BCUT2D eigenvalue weighted by molar-refractivity contribution is 5.98. The van der Waals surface area contributed by atoms with Gasteiger partial charge in [-0.1, -0.05) is 35.9 Å². The molecule has 0 aromatic heterocycles. The molecule has 144 valence electrons. The molecule has 0 spiro atoms. The molecule has 0 saturated carbocycles. The van der Waals surface area contributed by atoms with Gasteiger partial charge in [-0.25, -0.2) is 0 Å². The molecule has 0 atom stereocenters. The average Bonchev–Trinajstić information content (AvgIpc) is 2.65. The Hall–Kier alpha value is -2.82. The number of carbonyl (C=O) groups excluding carboxylic acids is 2. The monoisotopic (exact) mass is 368 g/mol. The predicted molar refractivity (Wildman–Crippen MR) is 107 cm³/mol. The summed E-state index contributed by atoms with van der Waals surface area (Å²) in [4.78, 5) is 24.2. The molecule has 27 heavy (non-hydrogen) atoms. The van der Waals surface area contributed by atoms with Crippen molar-refractivity contribution in [3.05, 3.63) is 64.7 Å². The van der Waals surface area contributed by atoms with Gasteiger partial charge in [0.25, 0.3) is 5.91 Å². The number of benzene rings is 2. The van der Waals surface area contributed by atoms with Crippen molar-refractivity contribution in [3.8, 4) is 5.75 Å². The lowest BCUT2D eigenvalue weighted by atomic mass is 10.0. The first-order valence-electron chi connectivity index (χ1n) is 9.34. The third kappa shape index (κ3) is 6.44. The maximum Gasteiger partial charge on any atom is 0.255 e. The highest BCUT2D eigenvalue weighted by Gasteiger charge is 2.12. The molecule has 0 fully saturated rings. The Labute approximate surface area is 161 Å². The van der Waals surface area contributed by atoms with Gasteiger partial charge in [-0.3, -0.25) is 9.59 Å². The molecule has 5 nitrogen and oxygen atoms in total. The minimum atomic E-state index is -0.315. The Morgan fingerprint density at radius 1 is 1.04 bits per heavy atom. The van der Waals surface area contributed by atoms with Crippen molar-refractivity contribution in [2.24, 2.45) is 0 Å². The van der Waals surface area contributed by atoms with E-state index in [4.69, 9.17) is 4.74 Å². The first-order chi connectivity index (χ1) is 13.0. The number of ether oxygens (including phenoxy) is 1. The van der Waals surface area contributed by atoms with Crippen molar-refractivity contribution in [1.29, 1.82) is 0 Å². The van der Waals surface area contributed by atoms with Crippen LogP contribution in [0.15, 0.2) is 42.5 Å². The first-order valence-corrected chi connectivity index (χ1v) is 9.34. The van der Waals surface area contributed by atoms with Gasteiger partial charge < -0.3 is 15.4 Å². The van der Waals surface area contributed by atoms with Crippen molar-refractivity contribution < 1.29 is 14.3 Å². The van der Waals surface area contributed by atoms with Crippen molar-refractivity contribution in [3.63, 3.8) is 0 Å². The fourth-order valence-electron chi connectivity index (χ4n) is 2.89. The van der Waals surface area contributed by atoms with Crippen LogP contribution in [0.4, 0.5) is 0 Å². The van der Waals surface area contributed by atoms with Crippen LogP contribution in [0.2, 0.25) is 0 Å². The molecule has 2 rings (SSSR count). The Bertz CT molecular complexity index is 787. The van der Waals surface area contributed by atoms with Gasteiger partial charge in [0.1, 0.15) is 5.75 Å². The van der Waals surface area contributed by atoms with Crippen molar-refractivity contribution in [2.75, 3.05) is 19.7 Å². The Morgan fingerprint density at radius 3 is 2.56 bits per heavy atom. The van der Waals surface area contributed by atoms with Gasteiger partial charge in [-0.2, -0.15) is 0 Å². The number of hydrogen-bond acceptors (Lipinski definition) is 3. The van der Waals surface area contributed by atoms with E-state index in [-0.39, 0.29) is 18.4 Å². The first kappa shape index (κ1) is 20.5. The van der Waals surface area contributed by atoms with Gasteiger partial charge in [-0.05, 0) is 56.9 Å². The van der Waals surface area contributed by atoms with Gasteiger partial charge in [0.05, 0.1) is 18.7 Å². The number of carbonyl (C=O) groups is 2. The fourth-order valence-corrected chi connectivity index (χ4v) is 2.89. The number of para-hydroxylation sites is 1. The molecule has 0 aliphatic rings. The molecule has 0 heterocycles. The molecule has 0 aliphatic heterocycles. The number of nitrogens with one attached hydrogen (secondary N) is 2. The third-order valence-corrected chi connectivity index (χ3v) is 4.28. The van der Waals surface area contributed by atoms with Crippen LogP contribution in [0.1, 0.15) is 40.4 Å². The van der Waals surface area contributed by atoms with E-state index in [9.17, 15) is 9.59 Å². The van der Waals surface area contributed by atoms with E-state index in [0.717, 1.165) is 12.8 Å². The van der Waals surface area contributed by atoms with E-state index in [1.165, 1.54) is 16.7 Å². The van der Waals surface area contributed by atoms with Crippen LogP contribution in [0.25, 0.3) is 0 Å². The largest absolute Gasteiger partial charge is 0.493 e. The minimum absolute atomic E-state index is 0.0527. The lowest BCUT2D eigenvalue weighted by molar-refractivity contribution is -0.120. The summed E-state index contributed by atoms with van der Waals surface area (Å²) >= 11 is 0. The number of hydrogen-bond donors (Lipinski definition) is 2. The van der Waals surface area contributed by atoms with E-state index < -0.39 is 0 Å². The van der Waals surface area contributed by atoms with Gasteiger partial charge >= 0.3 is 0 Å². The van der Waals surface area contributed by atoms with E-state index in [1.807, 2.05) is 13.0 Å². The summed E-state index contributed by atoms with van der Waals surface area (Å²) in [6.45, 7) is 7.06. The van der Waals surface area contributed by atoms with Crippen LogP contribution < -0.4 is 15.4 Å². The van der Waals surface area contributed by atoms with E-state index in [1.54, 1.807) is 18.2 Å².